The van der Waals surface area contributed by atoms with E-state index in [0.717, 1.165) is 6.07 Å². The summed E-state index contributed by atoms with van der Waals surface area (Å²) in [5.74, 6) is -0.391. The Morgan fingerprint density at radius 3 is 1.91 bits per heavy atom. The maximum atomic E-state index is 10.2. The molecule has 4 nitrogen and oxygen atoms in total. The second-order valence-corrected chi connectivity index (χ2v) is 4.75. The van der Waals surface area contributed by atoms with Gasteiger partial charge in [-0.15, -0.1) is 0 Å². The van der Waals surface area contributed by atoms with Crippen molar-refractivity contribution in [2.45, 2.75) is 0 Å². The van der Waals surface area contributed by atoms with E-state index in [1.165, 1.54) is 0 Å². The Balaban J connectivity index is 2.18. The van der Waals surface area contributed by atoms with Crippen molar-refractivity contribution in [3.8, 4) is 39.9 Å². The maximum Gasteiger partial charge on any atom is 0.180 e. The third-order valence-corrected chi connectivity index (χ3v) is 3.24. The van der Waals surface area contributed by atoms with Gasteiger partial charge in [-0.05, 0) is 17.7 Å². The lowest BCUT2D eigenvalue weighted by Gasteiger charge is -2.15. The minimum atomic E-state index is -0.406. The summed E-state index contributed by atoms with van der Waals surface area (Å²) in [6.07, 6.45) is 0. The average Bonchev–Trinajstić information content (AvgIpc) is 2.55. The molecule has 22 heavy (non-hydrogen) atoms. The van der Waals surface area contributed by atoms with Crippen LogP contribution in [0.1, 0.15) is 0 Å². The Bertz CT molecular complexity index is 783. The molecule has 0 radical (unpaired) electrons. The average molecular weight is 294 g/mol. The van der Waals surface area contributed by atoms with Crippen LogP contribution in [-0.2, 0) is 0 Å². The number of ether oxygens (including phenoxy) is 1. The molecule has 0 amide bonds. The highest BCUT2D eigenvalue weighted by Crippen LogP contribution is 2.49. The van der Waals surface area contributed by atoms with Crippen LogP contribution in [-0.4, -0.2) is 15.3 Å². The third kappa shape index (κ3) is 2.54. The smallest absolute Gasteiger partial charge is 0.180 e. The van der Waals surface area contributed by atoms with Gasteiger partial charge in [0.25, 0.3) is 0 Å². The first-order valence-corrected chi connectivity index (χ1v) is 6.73. The number of para-hydroxylation sites is 1. The molecule has 4 heteroatoms. The van der Waals surface area contributed by atoms with Gasteiger partial charge in [0.2, 0.25) is 0 Å². The summed E-state index contributed by atoms with van der Waals surface area (Å²) < 4.78 is 5.71. The maximum absolute atomic E-state index is 10.2. The molecule has 3 aromatic carbocycles. The van der Waals surface area contributed by atoms with Gasteiger partial charge in [0.15, 0.2) is 23.0 Å². The first-order chi connectivity index (χ1) is 10.7. The molecule has 0 aliphatic heterocycles. The highest BCUT2D eigenvalue weighted by atomic mass is 16.5. The van der Waals surface area contributed by atoms with Crippen LogP contribution in [0.2, 0.25) is 0 Å². The van der Waals surface area contributed by atoms with Crippen LogP contribution in [0.3, 0.4) is 0 Å². The van der Waals surface area contributed by atoms with Gasteiger partial charge in [0.05, 0.1) is 5.56 Å². The zero-order chi connectivity index (χ0) is 15.5. The molecule has 0 aliphatic carbocycles. The van der Waals surface area contributed by atoms with Crippen molar-refractivity contribution in [1.82, 2.24) is 0 Å². The highest BCUT2D eigenvalue weighted by molar-refractivity contribution is 5.82. The molecule has 3 rings (SSSR count). The standard InChI is InChI=1S/C18H14O4/c19-14-11-15(20)18(22-13-9-5-2-6-10-13)16(17(14)21)12-7-3-1-4-8-12/h1-11,19-21H. The van der Waals surface area contributed by atoms with Crippen molar-refractivity contribution in [3.63, 3.8) is 0 Å². The van der Waals surface area contributed by atoms with E-state index < -0.39 is 5.75 Å². The molecule has 0 saturated carbocycles. The summed E-state index contributed by atoms with van der Waals surface area (Å²) in [4.78, 5) is 0. The molecule has 0 unspecified atom stereocenters. The molecule has 0 atom stereocenters. The van der Waals surface area contributed by atoms with Gasteiger partial charge in [-0.1, -0.05) is 48.5 Å². The Hall–Kier alpha value is -3.14. The summed E-state index contributed by atoms with van der Waals surface area (Å²) >= 11 is 0. The molecule has 0 aromatic heterocycles. The molecule has 0 aliphatic rings. The molecule has 3 aromatic rings. The Kier molecular flexibility index (Phi) is 3.58. The molecule has 0 saturated heterocycles. The van der Waals surface area contributed by atoms with Crippen molar-refractivity contribution in [1.29, 1.82) is 0 Å². The van der Waals surface area contributed by atoms with E-state index in [4.69, 9.17) is 4.74 Å². The lowest BCUT2D eigenvalue weighted by Crippen LogP contribution is -1.90. The fourth-order valence-corrected chi connectivity index (χ4v) is 2.21. The van der Waals surface area contributed by atoms with Crippen LogP contribution in [0.15, 0.2) is 66.7 Å². The van der Waals surface area contributed by atoms with E-state index in [9.17, 15) is 15.3 Å². The molecule has 0 heterocycles. The molecular weight excluding hydrogens is 280 g/mol. The summed E-state index contributed by atoms with van der Waals surface area (Å²) in [5, 5.41) is 30.1. The van der Waals surface area contributed by atoms with E-state index in [1.807, 2.05) is 12.1 Å². The number of rotatable bonds is 3. The molecular formula is C18H14O4. The van der Waals surface area contributed by atoms with Crippen molar-refractivity contribution >= 4 is 0 Å². The van der Waals surface area contributed by atoms with E-state index in [0.29, 0.717) is 11.3 Å². The van der Waals surface area contributed by atoms with Gasteiger partial charge in [0, 0.05) is 6.07 Å². The minimum Gasteiger partial charge on any atom is -0.504 e. The van der Waals surface area contributed by atoms with Crippen molar-refractivity contribution in [2.75, 3.05) is 0 Å². The van der Waals surface area contributed by atoms with Crippen molar-refractivity contribution < 1.29 is 20.1 Å². The SMILES string of the molecule is Oc1cc(O)c(Oc2ccccc2)c(-c2ccccc2)c1O. The lowest BCUT2D eigenvalue weighted by molar-refractivity contribution is 0.379. The van der Waals surface area contributed by atoms with Gasteiger partial charge in [-0.3, -0.25) is 0 Å². The minimum absolute atomic E-state index is 0.0905. The van der Waals surface area contributed by atoms with Gasteiger partial charge < -0.3 is 20.1 Å². The van der Waals surface area contributed by atoms with Crippen LogP contribution in [0.25, 0.3) is 11.1 Å². The van der Waals surface area contributed by atoms with E-state index in [1.54, 1.807) is 48.5 Å². The summed E-state index contributed by atoms with van der Waals surface area (Å²) in [6, 6.07) is 18.9. The van der Waals surface area contributed by atoms with Gasteiger partial charge in [-0.2, -0.15) is 0 Å². The summed E-state index contributed by atoms with van der Waals surface area (Å²) in [5.41, 5.74) is 0.860. The zero-order valence-corrected chi connectivity index (χ0v) is 11.6. The third-order valence-electron chi connectivity index (χ3n) is 3.24. The lowest BCUT2D eigenvalue weighted by atomic mass is 10.0. The zero-order valence-electron chi connectivity index (χ0n) is 11.6. The number of aromatic hydroxyl groups is 3. The van der Waals surface area contributed by atoms with E-state index >= 15 is 0 Å². The largest absolute Gasteiger partial charge is 0.504 e. The monoisotopic (exact) mass is 294 g/mol. The first kappa shape index (κ1) is 13.8. The predicted octanol–water partition coefficient (Wildman–Crippen LogP) is 4.26. The number of phenolic OH excluding ortho intramolecular Hbond substituents is 3. The quantitative estimate of drug-likeness (QED) is 0.498. The Morgan fingerprint density at radius 2 is 1.27 bits per heavy atom. The first-order valence-electron chi connectivity index (χ1n) is 6.73. The number of benzene rings is 3. The number of hydrogen-bond donors (Lipinski definition) is 3. The normalized spacial score (nSPS) is 10.4. The molecule has 3 N–H and O–H groups in total. The van der Waals surface area contributed by atoms with Crippen molar-refractivity contribution in [3.05, 3.63) is 66.7 Å². The summed E-state index contributed by atoms with van der Waals surface area (Å²) in [6.45, 7) is 0. The number of phenols is 3. The van der Waals surface area contributed by atoms with Gasteiger partial charge >= 0.3 is 0 Å². The molecule has 110 valence electrons. The topological polar surface area (TPSA) is 69.9 Å². The number of hydrogen-bond acceptors (Lipinski definition) is 4. The molecule has 0 spiro atoms. The van der Waals surface area contributed by atoms with E-state index in [-0.39, 0.29) is 22.8 Å². The fourth-order valence-electron chi connectivity index (χ4n) is 2.21. The Labute approximate surface area is 127 Å². The summed E-state index contributed by atoms with van der Waals surface area (Å²) in [7, 11) is 0. The van der Waals surface area contributed by atoms with Gasteiger partial charge in [-0.25, -0.2) is 0 Å². The van der Waals surface area contributed by atoms with Crippen molar-refractivity contribution in [2.24, 2.45) is 0 Å². The highest BCUT2D eigenvalue weighted by Gasteiger charge is 2.20. The molecule has 0 fully saturated rings. The second kappa shape index (κ2) is 5.69. The second-order valence-electron chi connectivity index (χ2n) is 4.75. The van der Waals surface area contributed by atoms with Crippen LogP contribution >= 0.6 is 0 Å². The van der Waals surface area contributed by atoms with Gasteiger partial charge in [0.1, 0.15) is 5.75 Å². The van der Waals surface area contributed by atoms with Crippen LogP contribution in [0, 0.1) is 0 Å². The fraction of sp³-hybridized carbons (Fsp3) is 0. The molecule has 0 bridgehead atoms. The van der Waals surface area contributed by atoms with Crippen LogP contribution < -0.4 is 4.74 Å². The van der Waals surface area contributed by atoms with Crippen LogP contribution in [0.4, 0.5) is 0 Å². The van der Waals surface area contributed by atoms with E-state index in [2.05, 4.69) is 0 Å². The Morgan fingerprint density at radius 1 is 0.682 bits per heavy atom. The predicted molar refractivity (Wildman–Crippen MR) is 83.4 cm³/mol. The van der Waals surface area contributed by atoms with Crippen LogP contribution in [0.5, 0.6) is 28.7 Å².